The molecule has 1 aromatic carbocycles. The predicted octanol–water partition coefficient (Wildman–Crippen LogP) is 1.50. The first-order chi connectivity index (χ1) is 11.5. The number of methoxy groups -OCH3 is 1. The third-order valence-electron chi connectivity index (χ3n) is 4.18. The molecule has 24 heavy (non-hydrogen) atoms. The molecule has 1 aliphatic rings. The van der Waals surface area contributed by atoms with Crippen molar-refractivity contribution < 1.29 is 18.1 Å². The van der Waals surface area contributed by atoms with Crippen molar-refractivity contribution in [3.05, 3.63) is 45.6 Å². The second kappa shape index (κ2) is 7.41. The Kier molecular flexibility index (Phi) is 5.46. The van der Waals surface area contributed by atoms with E-state index in [9.17, 15) is 8.42 Å². The third-order valence-corrected chi connectivity index (χ3v) is 7.32. The lowest BCUT2D eigenvalue weighted by molar-refractivity contribution is -0.917. The fourth-order valence-corrected chi connectivity index (χ4v) is 5.41. The molecule has 0 saturated carbocycles. The lowest BCUT2D eigenvalue weighted by Crippen LogP contribution is -3.13. The number of rotatable bonds is 5. The molecule has 0 radical (unpaired) electrons. The number of piperazine rings is 1. The van der Waals surface area contributed by atoms with Gasteiger partial charge in [0.15, 0.2) is 0 Å². The lowest BCUT2D eigenvalue weighted by Gasteiger charge is -2.31. The predicted molar refractivity (Wildman–Crippen MR) is 95.5 cm³/mol. The topological polar surface area (TPSA) is 51.1 Å². The van der Waals surface area contributed by atoms with Crippen LogP contribution in [-0.2, 0) is 16.6 Å². The van der Waals surface area contributed by atoms with Gasteiger partial charge in [-0.3, -0.25) is 0 Å². The van der Waals surface area contributed by atoms with Crippen LogP contribution in [0.2, 0.25) is 4.34 Å². The van der Waals surface area contributed by atoms with Crippen LogP contribution in [0.4, 0.5) is 0 Å². The summed E-state index contributed by atoms with van der Waals surface area (Å²) in [4.78, 5) is 2.94. The molecule has 3 rings (SSSR count). The molecule has 1 fully saturated rings. The summed E-state index contributed by atoms with van der Waals surface area (Å²) in [6.07, 6.45) is 0. The van der Waals surface area contributed by atoms with Crippen molar-refractivity contribution in [2.45, 2.75) is 11.4 Å². The monoisotopic (exact) mass is 387 g/mol. The smallest absolute Gasteiger partial charge is 0.243 e. The van der Waals surface area contributed by atoms with Crippen LogP contribution < -0.4 is 9.64 Å². The summed E-state index contributed by atoms with van der Waals surface area (Å²) in [6.45, 7) is 3.55. The number of thiophene rings is 1. The van der Waals surface area contributed by atoms with Crippen molar-refractivity contribution in [1.82, 2.24) is 4.31 Å². The lowest BCUT2D eigenvalue weighted by atomic mass is 10.3. The minimum Gasteiger partial charge on any atom is -0.497 e. The minimum atomic E-state index is -3.43. The van der Waals surface area contributed by atoms with Gasteiger partial charge in [-0.25, -0.2) is 8.42 Å². The first kappa shape index (κ1) is 17.7. The van der Waals surface area contributed by atoms with Gasteiger partial charge in [-0.1, -0.05) is 11.6 Å². The number of nitrogens with zero attached hydrogens (tertiary/aromatic N) is 1. The summed E-state index contributed by atoms with van der Waals surface area (Å²) in [5.74, 6) is 0.651. The van der Waals surface area contributed by atoms with Gasteiger partial charge in [0.05, 0.1) is 47.4 Å². The Labute approximate surface area is 151 Å². The molecule has 8 heteroatoms. The normalized spacial score (nSPS) is 17.1. The maximum absolute atomic E-state index is 12.7. The summed E-state index contributed by atoms with van der Waals surface area (Å²) < 4.78 is 32.9. The van der Waals surface area contributed by atoms with E-state index in [-0.39, 0.29) is 0 Å². The van der Waals surface area contributed by atoms with Gasteiger partial charge in [0.1, 0.15) is 12.3 Å². The number of sulfonamides is 1. The molecule has 0 aliphatic carbocycles. The number of benzene rings is 1. The van der Waals surface area contributed by atoms with Gasteiger partial charge in [-0.2, -0.15) is 4.31 Å². The highest BCUT2D eigenvalue weighted by Gasteiger charge is 2.30. The van der Waals surface area contributed by atoms with E-state index >= 15 is 0 Å². The van der Waals surface area contributed by atoms with E-state index in [0.29, 0.717) is 23.7 Å². The van der Waals surface area contributed by atoms with Crippen LogP contribution in [0.5, 0.6) is 5.75 Å². The SMILES string of the molecule is COc1ccc(S(=O)(=O)N2CC[NH+](Cc3ccc(Cl)s3)CC2)cc1. The maximum atomic E-state index is 12.7. The van der Waals surface area contributed by atoms with Gasteiger partial charge in [0, 0.05) is 0 Å². The summed E-state index contributed by atoms with van der Waals surface area (Å²) in [7, 11) is -1.87. The molecule has 0 amide bonds. The molecule has 0 atom stereocenters. The number of hydrogen-bond acceptors (Lipinski definition) is 4. The van der Waals surface area contributed by atoms with Crippen LogP contribution in [0.15, 0.2) is 41.3 Å². The minimum absolute atomic E-state index is 0.316. The van der Waals surface area contributed by atoms with Crippen molar-refractivity contribution in [1.29, 1.82) is 0 Å². The number of ether oxygens (including phenoxy) is 1. The van der Waals surface area contributed by atoms with Crippen molar-refractivity contribution in [3.63, 3.8) is 0 Å². The van der Waals surface area contributed by atoms with Crippen LogP contribution in [-0.4, -0.2) is 46.0 Å². The molecule has 2 heterocycles. The molecule has 1 N–H and O–H groups in total. The average Bonchev–Trinajstić information content (AvgIpc) is 3.00. The largest absolute Gasteiger partial charge is 0.497 e. The van der Waals surface area contributed by atoms with Crippen LogP contribution in [0.25, 0.3) is 0 Å². The third kappa shape index (κ3) is 3.92. The number of halogens is 1. The van der Waals surface area contributed by atoms with Gasteiger partial charge in [-0.15, -0.1) is 11.3 Å². The highest BCUT2D eigenvalue weighted by Crippen LogP contribution is 2.21. The van der Waals surface area contributed by atoms with Crippen molar-refractivity contribution >= 4 is 33.0 Å². The van der Waals surface area contributed by atoms with Crippen molar-refractivity contribution in [2.24, 2.45) is 0 Å². The summed E-state index contributed by atoms with van der Waals surface area (Å²) >= 11 is 7.55. The molecule has 1 aromatic heterocycles. The van der Waals surface area contributed by atoms with E-state index < -0.39 is 10.0 Å². The highest BCUT2D eigenvalue weighted by molar-refractivity contribution is 7.89. The van der Waals surface area contributed by atoms with Crippen molar-refractivity contribution in [3.8, 4) is 5.75 Å². The van der Waals surface area contributed by atoms with Gasteiger partial charge in [-0.05, 0) is 36.4 Å². The van der Waals surface area contributed by atoms with Crippen LogP contribution in [0, 0.1) is 0 Å². The second-order valence-corrected chi connectivity index (χ2v) is 9.45. The van der Waals surface area contributed by atoms with Crippen LogP contribution in [0.3, 0.4) is 0 Å². The Morgan fingerprint density at radius 3 is 2.38 bits per heavy atom. The second-order valence-electron chi connectivity index (χ2n) is 5.71. The Hall–Kier alpha value is -1.12. The molecule has 130 valence electrons. The zero-order valence-electron chi connectivity index (χ0n) is 13.4. The summed E-state index contributed by atoms with van der Waals surface area (Å²) in [6, 6.07) is 10.5. The fourth-order valence-electron chi connectivity index (χ4n) is 2.81. The van der Waals surface area contributed by atoms with E-state index in [1.165, 1.54) is 9.78 Å². The van der Waals surface area contributed by atoms with Crippen LogP contribution >= 0.6 is 22.9 Å². The first-order valence-electron chi connectivity index (χ1n) is 7.71. The van der Waals surface area contributed by atoms with Gasteiger partial charge < -0.3 is 9.64 Å². The number of nitrogens with one attached hydrogen (secondary N) is 1. The highest BCUT2D eigenvalue weighted by atomic mass is 35.5. The molecule has 5 nitrogen and oxygen atoms in total. The standard InChI is InChI=1S/C16H19ClN2O3S2/c1-22-13-2-5-15(6-3-13)24(20,21)19-10-8-18(9-11-19)12-14-4-7-16(17)23-14/h2-7H,8-12H2,1H3/p+1. The molecule has 2 aromatic rings. The first-order valence-corrected chi connectivity index (χ1v) is 10.3. The Morgan fingerprint density at radius 1 is 1.17 bits per heavy atom. The van der Waals surface area contributed by atoms with E-state index in [2.05, 4.69) is 0 Å². The van der Waals surface area contributed by atoms with Gasteiger partial charge >= 0.3 is 0 Å². The van der Waals surface area contributed by atoms with Crippen molar-refractivity contribution in [2.75, 3.05) is 33.3 Å². The molecule has 0 spiro atoms. The van der Waals surface area contributed by atoms with Gasteiger partial charge in [0.2, 0.25) is 10.0 Å². The zero-order chi connectivity index (χ0) is 17.2. The van der Waals surface area contributed by atoms with E-state index in [1.807, 2.05) is 12.1 Å². The Bertz CT molecular complexity index is 782. The van der Waals surface area contributed by atoms with E-state index in [0.717, 1.165) is 24.0 Å². The zero-order valence-corrected chi connectivity index (χ0v) is 15.8. The summed E-state index contributed by atoms with van der Waals surface area (Å²) in [5.41, 5.74) is 0. The number of quaternary nitrogens is 1. The Balaban J connectivity index is 1.62. The van der Waals surface area contributed by atoms with Gasteiger partial charge in [0.25, 0.3) is 0 Å². The molecule has 0 unspecified atom stereocenters. The molecule has 1 saturated heterocycles. The molecular formula is C16H20ClN2O3S2+. The quantitative estimate of drug-likeness (QED) is 0.845. The molecule has 0 bridgehead atoms. The van der Waals surface area contributed by atoms with E-state index in [1.54, 1.807) is 47.0 Å². The fraction of sp³-hybridized carbons (Fsp3) is 0.375. The average molecular weight is 388 g/mol. The van der Waals surface area contributed by atoms with Crippen LogP contribution in [0.1, 0.15) is 4.88 Å². The maximum Gasteiger partial charge on any atom is 0.243 e. The molecular weight excluding hydrogens is 368 g/mol. The number of hydrogen-bond donors (Lipinski definition) is 1. The summed E-state index contributed by atoms with van der Waals surface area (Å²) in [5, 5.41) is 0. The Morgan fingerprint density at radius 2 is 1.83 bits per heavy atom. The van der Waals surface area contributed by atoms with E-state index in [4.69, 9.17) is 16.3 Å². The molecule has 1 aliphatic heterocycles.